The van der Waals surface area contributed by atoms with E-state index in [1.165, 1.54) is 6.34 Å². The predicted octanol–water partition coefficient (Wildman–Crippen LogP) is -0.959. The summed E-state index contributed by atoms with van der Waals surface area (Å²) in [4.78, 5) is 12.2. The second kappa shape index (κ2) is 2.09. The first-order chi connectivity index (χ1) is 5.27. The normalized spacial score (nSPS) is 27.3. The molecule has 2 aliphatic rings. The van der Waals surface area contributed by atoms with Gasteiger partial charge in [-0.25, -0.2) is 15.0 Å². The Morgan fingerprint density at radius 3 is 3.18 bits per heavy atom. The molecule has 0 aromatic rings. The first-order valence-electron chi connectivity index (χ1n) is 3.02. The third-order valence-electron chi connectivity index (χ3n) is 1.40. The molecule has 0 radical (unpaired) electrons. The third-order valence-corrected chi connectivity index (χ3v) is 1.73. The van der Waals surface area contributed by atoms with Gasteiger partial charge in [-0.3, -0.25) is 0 Å². The number of guanidine groups is 1. The highest BCUT2D eigenvalue weighted by Crippen LogP contribution is 2.07. The van der Waals surface area contributed by atoms with E-state index in [0.29, 0.717) is 16.8 Å². The zero-order valence-corrected chi connectivity index (χ0v) is 6.30. The topological polar surface area (TPSA) is 75.1 Å². The van der Waals surface area contributed by atoms with E-state index in [-0.39, 0.29) is 6.04 Å². The van der Waals surface area contributed by atoms with Crippen LogP contribution >= 0.6 is 12.2 Å². The molecule has 56 valence electrons. The maximum atomic E-state index is 5.40. The van der Waals surface area contributed by atoms with Crippen molar-refractivity contribution in [1.29, 1.82) is 0 Å². The van der Waals surface area contributed by atoms with E-state index in [1.54, 1.807) is 0 Å². The molecule has 0 amide bonds. The molecule has 11 heavy (non-hydrogen) atoms. The number of nitrogens with one attached hydrogen (secondary N) is 1. The van der Waals surface area contributed by atoms with Crippen molar-refractivity contribution in [3.8, 4) is 0 Å². The van der Waals surface area contributed by atoms with Crippen molar-refractivity contribution in [3.63, 3.8) is 0 Å². The number of fused-ring (bicyclic) bond motifs is 1. The second-order valence-electron chi connectivity index (χ2n) is 2.14. The fraction of sp³-hybridized carbons (Fsp3) is 0.200. The number of hydrogen-bond acceptors (Lipinski definition) is 5. The molecule has 0 aliphatic carbocycles. The summed E-state index contributed by atoms with van der Waals surface area (Å²) < 4.78 is 0. The predicted molar refractivity (Wildman–Crippen MR) is 47.1 cm³/mol. The molecule has 0 saturated heterocycles. The van der Waals surface area contributed by atoms with Gasteiger partial charge >= 0.3 is 0 Å². The van der Waals surface area contributed by atoms with Gasteiger partial charge in [0.1, 0.15) is 17.2 Å². The number of hydrogen-bond donors (Lipinski definition) is 2. The van der Waals surface area contributed by atoms with Crippen LogP contribution in [-0.4, -0.2) is 29.2 Å². The van der Waals surface area contributed by atoms with E-state index in [2.05, 4.69) is 20.3 Å². The van der Waals surface area contributed by atoms with Crippen molar-refractivity contribution >= 4 is 35.3 Å². The Hall–Kier alpha value is -1.30. The molecular formula is C5H5N5S. The second-order valence-corrected chi connectivity index (χ2v) is 2.56. The maximum Gasteiger partial charge on any atom is 0.195 e. The molecule has 0 spiro atoms. The summed E-state index contributed by atoms with van der Waals surface area (Å²) in [5, 5.41) is 2.79. The maximum absolute atomic E-state index is 5.40. The molecular weight excluding hydrogens is 162 g/mol. The van der Waals surface area contributed by atoms with Gasteiger partial charge in [0, 0.05) is 0 Å². The van der Waals surface area contributed by atoms with Crippen LogP contribution in [-0.2, 0) is 0 Å². The number of nitrogens with zero attached hydrogens (tertiary/aromatic N) is 3. The fourth-order valence-electron chi connectivity index (χ4n) is 0.926. The highest BCUT2D eigenvalue weighted by Gasteiger charge is 2.28. The molecule has 3 N–H and O–H groups in total. The van der Waals surface area contributed by atoms with Crippen molar-refractivity contribution in [2.45, 2.75) is 6.04 Å². The van der Waals surface area contributed by atoms with Crippen LogP contribution in [0.1, 0.15) is 0 Å². The quantitative estimate of drug-likeness (QED) is 0.456. The highest BCUT2D eigenvalue weighted by atomic mass is 32.1. The van der Waals surface area contributed by atoms with Crippen molar-refractivity contribution in [2.75, 3.05) is 0 Å². The molecule has 0 fully saturated rings. The van der Waals surface area contributed by atoms with Crippen LogP contribution in [0, 0.1) is 0 Å². The number of aliphatic imine (C=N–C) groups is 3. The van der Waals surface area contributed by atoms with Crippen LogP contribution in [0.3, 0.4) is 0 Å². The molecule has 0 aromatic heterocycles. The number of nitrogens with two attached hydrogens (primary N) is 1. The minimum absolute atomic E-state index is 0.255. The van der Waals surface area contributed by atoms with E-state index < -0.39 is 0 Å². The van der Waals surface area contributed by atoms with Crippen LogP contribution in [0.25, 0.3) is 0 Å². The van der Waals surface area contributed by atoms with Crippen molar-refractivity contribution in [1.82, 2.24) is 5.32 Å². The Labute approximate surface area is 68.1 Å². The van der Waals surface area contributed by atoms with E-state index in [4.69, 9.17) is 18.0 Å². The summed E-state index contributed by atoms with van der Waals surface area (Å²) in [5.41, 5.74) is 5.40. The van der Waals surface area contributed by atoms with Crippen LogP contribution in [0.15, 0.2) is 15.0 Å². The minimum Gasteiger partial charge on any atom is -0.370 e. The molecule has 5 nitrogen and oxygen atoms in total. The smallest absolute Gasteiger partial charge is 0.195 e. The van der Waals surface area contributed by atoms with Crippen molar-refractivity contribution < 1.29 is 0 Å². The minimum atomic E-state index is -0.255. The first-order valence-corrected chi connectivity index (χ1v) is 3.42. The van der Waals surface area contributed by atoms with Gasteiger partial charge in [0.2, 0.25) is 0 Å². The Bertz CT molecular complexity index is 302. The lowest BCUT2D eigenvalue weighted by Crippen LogP contribution is -2.36. The van der Waals surface area contributed by atoms with E-state index >= 15 is 0 Å². The van der Waals surface area contributed by atoms with Crippen LogP contribution in [0.5, 0.6) is 0 Å². The average Bonchev–Trinajstić information content (AvgIpc) is 2.31. The lowest BCUT2D eigenvalue weighted by atomic mass is 10.3. The van der Waals surface area contributed by atoms with Gasteiger partial charge in [0.15, 0.2) is 12.0 Å². The standard InChI is InChI=1S/C5H5N5S/c6-5-9-2-3(10-5)7-1-8-4(2)11/h1-2H,(H3,6,7,8,9,10,11). The molecule has 2 heterocycles. The first kappa shape index (κ1) is 6.41. The zero-order valence-electron chi connectivity index (χ0n) is 5.48. The van der Waals surface area contributed by atoms with Gasteiger partial charge in [0.25, 0.3) is 0 Å². The summed E-state index contributed by atoms with van der Waals surface area (Å²) in [5.74, 6) is 1.02. The van der Waals surface area contributed by atoms with Gasteiger partial charge in [-0.15, -0.1) is 0 Å². The SMILES string of the molecule is NC1=NC2C(=S)N=CN=C2N1. The van der Waals surface area contributed by atoms with Gasteiger partial charge < -0.3 is 11.1 Å². The molecule has 1 atom stereocenters. The molecule has 1 unspecified atom stereocenters. The zero-order chi connectivity index (χ0) is 7.84. The number of thiocarbonyl (C=S) groups is 1. The summed E-state index contributed by atoms with van der Waals surface area (Å²) in [7, 11) is 0. The molecule has 0 aromatic carbocycles. The lowest BCUT2D eigenvalue weighted by molar-refractivity contribution is 1.14. The van der Waals surface area contributed by atoms with Crippen LogP contribution < -0.4 is 11.1 Å². The third kappa shape index (κ3) is 0.911. The molecule has 0 bridgehead atoms. The van der Waals surface area contributed by atoms with E-state index in [0.717, 1.165) is 0 Å². The van der Waals surface area contributed by atoms with E-state index in [1.807, 2.05) is 0 Å². The lowest BCUT2D eigenvalue weighted by Gasteiger charge is -2.07. The van der Waals surface area contributed by atoms with Gasteiger partial charge in [-0.05, 0) is 0 Å². The molecule has 0 saturated carbocycles. The van der Waals surface area contributed by atoms with Crippen LogP contribution in [0.4, 0.5) is 0 Å². The van der Waals surface area contributed by atoms with Gasteiger partial charge in [0.05, 0.1) is 0 Å². The molecule has 2 aliphatic heterocycles. The Morgan fingerprint density at radius 1 is 1.64 bits per heavy atom. The van der Waals surface area contributed by atoms with Crippen LogP contribution in [0.2, 0.25) is 0 Å². The summed E-state index contributed by atoms with van der Waals surface area (Å²) in [6.45, 7) is 0. The van der Waals surface area contributed by atoms with Gasteiger partial charge in [-0.1, -0.05) is 12.2 Å². The van der Waals surface area contributed by atoms with Gasteiger partial charge in [-0.2, -0.15) is 0 Å². The van der Waals surface area contributed by atoms with E-state index in [9.17, 15) is 0 Å². The molecule has 6 heteroatoms. The summed E-state index contributed by atoms with van der Waals surface area (Å²) in [6, 6.07) is -0.255. The fourth-order valence-corrected chi connectivity index (χ4v) is 1.14. The number of amidine groups is 1. The van der Waals surface area contributed by atoms with Crippen molar-refractivity contribution in [3.05, 3.63) is 0 Å². The highest BCUT2D eigenvalue weighted by molar-refractivity contribution is 7.80. The Balaban J connectivity index is 2.38. The molecule has 2 rings (SSSR count). The summed E-state index contributed by atoms with van der Waals surface area (Å²) >= 11 is 4.91. The monoisotopic (exact) mass is 167 g/mol. The number of rotatable bonds is 0. The summed E-state index contributed by atoms with van der Waals surface area (Å²) in [6.07, 6.45) is 1.40. The van der Waals surface area contributed by atoms with Crippen molar-refractivity contribution in [2.24, 2.45) is 20.7 Å². The average molecular weight is 167 g/mol. The Morgan fingerprint density at radius 2 is 2.45 bits per heavy atom. The Kier molecular flexibility index (Phi) is 1.22. The largest absolute Gasteiger partial charge is 0.370 e.